The predicted octanol–water partition coefficient (Wildman–Crippen LogP) is 6.10. The molecule has 1 saturated carbocycles. The molecule has 106 valence electrons. The summed E-state index contributed by atoms with van der Waals surface area (Å²) in [6.45, 7) is 0. The molecule has 0 aromatic heterocycles. The van der Waals surface area contributed by atoms with E-state index < -0.39 is 0 Å². The number of ether oxygens (including phenoxy) is 1. The number of hydrogen-bond acceptors (Lipinski definition) is 1. The standard InChI is InChI=1S/C16H22BrClO/c1-19-15-10-9-13(11-14(15)17)16(18)12-7-5-3-2-4-6-8-12/h9-12,16H,2-8H2,1H3. The second kappa shape index (κ2) is 7.54. The maximum Gasteiger partial charge on any atom is 0.133 e. The summed E-state index contributed by atoms with van der Waals surface area (Å²) in [5.41, 5.74) is 1.21. The normalized spacial score (nSPS) is 19.5. The Morgan fingerprint density at radius 2 is 1.79 bits per heavy atom. The first-order valence-corrected chi connectivity index (χ1v) is 8.43. The molecule has 0 radical (unpaired) electrons. The molecule has 2 rings (SSSR count). The monoisotopic (exact) mass is 344 g/mol. The van der Waals surface area contributed by atoms with Gasteiger partial charge in [-0.05, 0) is 52.4 Å². The molecule has 0 bridgehead atoms. The summed E-state index contributed by atoms with van der Waals surface area (Å²) in [6.07, 6.45) is 9.30. The van der Waals surface area contributed by atoms with E-state index >= 15 is 0 Å². The summed E-state index contributed by atoms with van der Waals surface area (Å²) in [4.78, 5) is 0. The lowest BCUT2D eigenvalue weighted by Gasteiger charge is -2.25. The van der Waals surface area contributed by atoms with Gasteiger partial charge in [0.25, 0.3) is 0 Å². The molecule has 0 saturated heterocycles. The fourth-order valence-electron chi connectivity index (χ4n) is 2.91. The molecule has 0 heterocycles. The van der Waals surface area contributed by atoms with Crippen LogP contribution < -0.4 is 4.74 Å². The molecule has 3 heteroatoms. The van der Waals surface area contributed by atoms with E-state index in [0.29, 0.717) is 5.92 Å². The van der Waals surface area contributed by atoms with Crippen LogP contribution in [0.4, 0.5) is 0 Å². The van der Waals surface area contributed by atoms with Crippen molar-refractivity contribution < 1.29 is 4.74 Å². The molecule has 1 nitrogen and oxygen atoms in total. The van der Waals surface area contributed by atoms with Crippen LogP contribution in [0.3, 0.4) is 0 Å². The van der Waals surface area contributed by atoms with Crippen molar-refractivity contribution in [3.63, 3.8) is 0 Å². The van der Waals surface area contributed by atoms with Crippen molar-refractivity contribution in [1.82, 2.24) is 0 Å². The summed E-state index contributed by atoms with van der Waals surface area (Å²) < 4.78 is 6.26. The lowest BCUT2D eigenvalue weighted by Crippen LogP contribution is -2.10. The Bertz CT molecular complexity index is 400. The number of hydrogen-bond donors (Lipinski definition) is 0. The molecule has 0 amide bonds. The third kappa shape index (κ3) is 4.13. The molecular formula is C16H22BrClO. The quantitative estimate of drug-likeness (QED) is 0.601. The SMILES string of the molecule is COc1ccc(C(Cl)C2CCCCCCC2)cc1Br. The first-order chi connectivity index (χ1) is 9.22. The highest BCUT2D eigenvalue weighted by atomic mass is 79.9. The average molecular weight is 346 g/mol. The fraction of sp³-hybridized carbons (Fsp3) is 0.625. The molecule has 0 aliphatic heterocycles. The number of alkyl halides is 1. The van der Waals surface area contributed by atoms with Crippen LogP contribution in [0.1, 0.15) is 55.9 Å². The van der Waals surface area contributed by atoms with Crippen LogP contribution in [0.25, 0.3) is 0 Å². The summed E-state index contributed by atoms with van der Waals surface area (Å²) in [6, 6.07) is 6.20. The molecule has 1 aliphatic carbocycles. The Kier molecular flexibility index (Phi) is 6.03. The fourth-order valence-corrected chi connectivity index (χ4v) is 3.85. The lowest BCUT2D eigenvalue weighted by molar-refractivity contribution is 0.368. The number of rotatable bonds is 3. The Balaban J connectivity index is 2.08. The van der Waals surface area contributed by atoms with Gasteiger partial charge in [-0.15, -0.1) is 11.6 Å². The number of halogens is 2. The maximum atomic E-state index is 6.72. The van der Waals surface area contributed by atoms with Crippen molar-refractivity contribution in [3.8, 4) is 5.75 Å². The molecule has 0 N–H and O–H groups in total. The summed E-state index contributed by atoms with van der Waals surface area (Å²) in [7, 11) is 1.69. The van der Waals surface area contributed by atoms with Gasteiger partial charge in [0.05, 0.1) is 17.0 Å². The zero-order valence-corrected chi connectivity index (χ0v) is 13.8. The lowest BCUT2D eigenvalue weighted by atomic mass is 9.86. The van der Waals surface area contributed by atoms with Gasteiger partial charge in [-0.2, -0.15) is 0 Å². The van der Waals surface area contributed by atoms with Gasteiger partial charge in [0, 0.05) is 0 Å². The van der Waals surface area contributed by atoms with E-state index in [-0.39, 0.29) is 5.38 Å². The Morgan fingerprint density at radius 1 is 1.16 bits per heavy atom. The van der Waals surface area contributed by atoms with E-state index in [1.807, 2.05) is 6.07 Å². The van der Waals surface area contributed by atoms with Gasteiger partial charge >= 0.3 is 0 Å². The summed E-state index contributed by atoms with van der Waals surface area (Å²) in [5, 5.41) is 0.125. The van der Waals surface area contributed by atoms with Crippen LogP contribution >= 0.6 is 27.5 Å². The second-order valence-electron chi connectivity index (χ2n) is 5.40. The Labute approximate surface area is 129 Å². The molecule has 1 atom stereocenters. The molecule has 0 spiro atoms. The number of methoxy groups -OCH3 is 1. The van der Waals surface area contributed by atoms with Crippen LogP contribution in [-0.2, 0) is 0 Å². The van der Waals surface area contributed by atoms with Crippen molar-refractivity contribution in [3.05, 3.63) is 28.2 Å². The smallest absolute Gasteiger partial charge is 0.133 e. The van der Waals surface area contributed by atoms with Gasteiger partial charge in [0.15, 0.2) is 0 Å². The van der Waals surface area contributed by atoms with Gasteiger partial charge in [-0.1, -0.05) is 38.2 Å². The molecule has 1 aromatic carbocycles. The third-order valence-electron chi connectivity index (χ3n) is 4.06. The van der Waals surface area contributed by atoms with Crippen molar-refractivity contribution in [2.24, 2.45) is 5.92 Å². The van der Waals surface area contributed by atoms with Crippen LogP contribution in [0.2, 0.25) is 0 Å². The molecule has 1 fully saturated rings. The van der Waals surface area contributed by atoms with Gasteiger partial charge in [0.2, 0.25) is 0 Å². The molecule has 1 aromatic rings. The zero-order valence-electron chi connectivity index (χ0n) is 11.5. The molecule has 1 aliphatic rings. The zero-order chi connectivity index (χ0) is 13.7. The summed E-state index contributed by atoms with van der Waals surface area (Å²) >= 11 is 10.3. The summed E-state index contributed by atoms with van der Waals surface area (Å²) in [5.74, 6) is 1.48. The van der Waals surface area contributed by atoms with Crippen molar-refractivity contribution in [2.75, 3.05) is 7.11 Å². The van der Waals surface area contributed by atoms with E-state index in [1.165, 1.54) is 50.5 Å². The topological polar surface area (TPSA) is 9.23 Å². The van der Waals surface area contributed by atoms with Gasteiger partial charge in [0.1, 0.15) is 5.75 Å². The van der Waals surface area contributed by atoms with E-state index in [9.17, 15) is 0 Å². The minimum atomic E-state index is 0.125. The van der Waals surface area contributed by atoms with Gasteiger partial charge < -0.3 is 4.74 Å². The van der Waals surface area contributed by atoms with Crippen molar-refractivity contribution >= 4 is 27.5 Å². The van der Waals surface area contributed by atoms with Crippen molar-refractivity contribution in [1.29, 1.82) is 0 Å². The Hall–Kier alpha value is -0.210. The minimum absolute atomic E-state index is 0.125. The van der Waals surface area contributed by atoms with E-state index in [0.717, 1.165) is 10.2 Å². The van der Waals surface area contributed by atoms with Crippen LogP contribution in [0, 0.1) is 5.92 Å². The van der Waals surface area contributed by atoms with E-state index in [1.54, 1.807) is 7.11 Å². The van der Waals surface area contributed by atoms with Crippen LogP contribution in [-0.4, -0.2) is 7.11 Å². The molecule has 1 unspecified atom stereocenters. The molecular weight excluding hydrogens is 324 g/mol. The second-order valence-corrected chi connectivity index (χ2v) is 6.73. The maximum absolute atomic E-state index is 6.72. The minimum Gasteiger partial charge on any atom is -0.496 e. The predicted molar refractivity (Wildman–Crippen MR) is 85.1 cm³/mol. The third-order valence-corrected chi connectivity index (χ3v) is 5.29. The number of benzene rings is 1. The van der Waals surface area contributed by atoms with Gasteiger partial charge in [-0.3, -0.25) is 0 Å². The van der Waals surface area contributed by atoms with E-state index in [2.05, 4.69) is 28.1 Å². The largest absolute Gasteiger partial charge is 0.496 e. The van der Waals surface area contributed by atoms with Gasteiger partial charge in [-0.25, -0.2) is 0 Å². The van der Waals surface area contributed by atoms with Crippen LogP contribution in [0.5, 0.6) is 5.75 Å². The Morgan fingerprint density at radius 3 is 2.37 bits per heavy atom. The van der Waals surface area contributed by atoms with E-state index in [4.69, 9.17) is 16.3 Å². The average Bonchev–Trinajstić information content (AvgIpc) is 2.37. The first kappa shape index (κ1) is 15.2. The van der Waals surface area contributed by atoms with Crippen molar-refractivity contribution in [2.45, 2.75) is 50.3 Å². The highest BCUT2D eigenvalue weighted by Gasteiger charge is 2.22. The highest BCUT2D eigenvalue weighted by Crippen LogP contribution is 2.39. The highest BCUT2D eigenvalue weighted by molar-refractivity contribution is 9.10. The van der Waals surface area contributed by atoms with Crippen LogP contribution in [0.15, 0.2) is 22.7 Å². The first-order valence-electron chi connectivity index (χ1n) is 7.20. The molecule has 19 heavy (non-hydrogen) atoms.